The fourth-order valence-corrected chi connectivity index (χ4v) is 6.80. The summed E-state index contributed by atoms with van der Waals surface area (Å²) in [4.78, 5) is 0.788. The average molecular weight is 360 g/mol. The van der Waals surface area contributed by atoms with E-state index in [1.807, 2.05) is 0 Å². The van der Waals surface area contributed by atoms with Gasteiger partial charge in [-0.25, -0.2) is 0 Å². The second kappa shape index (κ2) is 6.91. The molecule has 7 atom stereocenters. The van der Waals surface area contributed by atoms with E-state index in [4.69, 9.17) is 0 Å². The molecule has 3 heteroatoms. The summed E-state index contributed by atoms with van der Waals surface area (Å²) in [7, 11) is 0. The molecule has 7 unspecified atom stereocenters. The maximum atomic E-state index is 3.94. The molecule has 1 N–H and O–H groups in total. The fourth-order valence-electron chi connectivity index (χ4n) is 4.46. The molecule has 0 spiro atoms. The van der Waals surface area contributed by atoms with Crippen LogP contribution in [-0.2, 0) is 0 Å². The van der Waals surface area contributed by atoms with Crippen molar-refractivity contribution in [3.05, 3.63) is 0 Å². The van der Waals surface area contributed by atoms with Crippen LogP contribution < -0.4 is 5.32 Å². The van der Waals surface area contributed by atoms with Gasteiger partial charge < -0.3 is 5.32 Å². The molecule has 3 aliphatic rings. The van der Waals surface area contributed by atoms with Crippen LogP contribution in [0.4, 0.5) is 0 Å². The average Bonchev–Trinajstić information content (AvgIpc) is 2.81. The molecule has 3 fully saturated rings. The first kappa shape index (κ1) is 15.7. The Labute approximate surface area is 137 Å². The third kappa shape index (κ3) is 3.76. The lowest BCUT2D eigenvalue weighted by Crippen LogP contribution is -2.37. The van der Waals surface area contributed by atoms with Crippen LogP contribution in [0, 0.1) is 17.8 Å². The Hall–Kier alpha value is 0.790. The van der Waals surface area contributed by atoms with Crippen molar-refractivity contribution < 1.29 is 0 Å². The molecule has 2 saturated carbocycles. The highest BCUT2D eigenvalue weighted by atomic mass is 79.9. The van der Waals surface area contributed by atoms with E-state index >= 15 is 0 Å². The molecule has 2 aliphatic carbocycles. The van der Waals surface area contributed by atoms with E-state index in [9.17, 15) is 0 Å². The largest absolute Gasteiger partial charge is 0.301 e. The van der Waals surface area contributed by atoms with Crippen molar-refractivity contribution in [2.75, 3.05) is 0 Å². The SMILES string of the molecule is CC1CCC2SC(CCC3CC(Br)CCC3C)NC2C1. The van der Waals surface area contributed by atoms with Gasteiger partial charge in [-0.15, -0.1) is 11.8 Å². The van der Waals surface area contributed by atoms with Gasteiger partial charge in [0.05, 0.1) is 5.37 Å². The summed E-state index contributed by atoms with van der Waals surface area (Å²) in [6.07, 6.45) is 11.4. The van der Waals surface area contributed by atoms with E-state index in [1.165, 1.54) is 51.4 Å². The smallest absolute Gasteiger partial charge is 0.0538 e. The monoisotopic (exact) mass is 359 g/mol. The summed E-state index contributed by atoms with van der Waals surface area (Å²) >= 11 is 6.11. The Morgan fingerprint density at radius 2 is 1.90 bits per heavy atom. The highest BCUT2D eigenvalue weighted by molar-refractivity contribution is 9.09. The Morgan fingerprint density at radius 1 is 1.05 bits per heavy atom. The van der Waals surface area contributed by atoms with Gasteiger partial charge in [-0.2, -0.15) is 0 Å². The number of rotatable bonds is 3. The molecule has 0 amide bonds. The standard InChI is InChI=1S/C17H30BrNS/c1-11-3-7-16-15(9-11)19-17(20-16)8-5-13-10-14(18)6-4-12(13)2/h11-17,19H,3-10H2,1-2H3. The summed E-state index contributed by atoms with van der Waals surface area (Å²) in [6.45, 7) is 4.90. The van der Waals surface area contributed by atoms with Gasteiger partial charge in [0.1, 0.15) is 0 Å². The molecule has 1 aliphatic heterocycles. The minimum atomic E-state index is 0.748. The van der Waals surface area contributed by atoms with Crippen LogP contribution >= 0.6 is 27.7 Å². The zero-order valence-electron chi connectivity index (χ0n) is 13.0. The fraction of sp³-hybridized carbons (Fsp3) is 1.00. The minimum absolute atomic E-state index is 0.748. The summed E-state index contributed by atoms with van der Waals surface area (Å²) in [5.41, 5.74) is 0. The van der Waals surface area contributed by atoms with Crippen molar-refractivity contribution in [2.24, 2.45) is 17.8 Å². The zero-order valence-corrected chi connectivity index (χ0v) is 15.4. The predicted octanol–water partition coefficient (Wildman–Crippen LogP) is 5.19. The van der Waals surface area contributed by atoms with Gasteiger partial charge in [0.2, 0.25) is 0 Å². The maximum Gasteiger partial charge on any atom is 0.0538 e. The predicted molar refractivity (Wildman–Crippen MR) is 93.6 cm³/mol. The molecule has 116 valence electrons. The number of alkyl halides is 1. The Bertz CT molecular complexity index is 324. The topological polar surface area (TPSA) is 12.0 Å². The molecule has 0 aromatic rings. The Kier molecular flexibility index (Phi) is 5.42. The van der Waals surface area contributed by atoms with E-state index in [0.29, 0.717) is 0 Å². The van der Waals surface area contributed by atoms with Crippen molar-refractivity contribution in [3.8, 4) is 0 Å². The number of fused-ring (bicyclic) bond motifs is 1. The summed E-state index contributed by atoms with van der Waals surface area (Å²) in [5.74, 6) is 2.84. The number of halogens is 1. The van der Waals surface area contributed by atoms with E-state index in [1.54, 1.807) is 0 Å². The summed E-state index contributed by atoms with van der Waals surface area (Å²) in [6, 6.07) is 0.821. The maximum absolute atomic E-state index is 3.94. The van der Waals surface area contributed by atoms with Gasteiger partial charge in [0.15, 0.2) is 0 Å². The van der Waals surface area contributed by atoms with Gasteiger partial charge in [-0.3, -0.25) is 0 Å². The van der Waals surface area contributed by atoms with E-state index in [0.717, 1.165) is 39.2 Å². The van der Waals surface area contributed by atoms with Crippen LogP contribution in [0.1, 0.15) is 65.2 Å². The van der Waals surface area contributed by atoms with Crippen molar-refractivity contribution in [1.29, 1.82) is 0 Å². The lowest BCUT2D eigenvalue weighted by Gasteiger charge is -2.32. The first-order chi connectivity index (χ1) is 9.61. The lowest BCUT2D eigenvalue weighted by atomic mass is 9.78. The van der Waals surface area contributed by atoms with Crippen LogP contribution in [0.5, 0.6) is 0 Å². The number of thioether (sulfide) groups is 1. The first-order valence-electron chi connectivity index (χ1n) is 8.67. The molecule has 1 saturated heterocycles. The van der Waals surface area contributed by atoms with E-state index < -0.39 is 0 Å². The summed E-state index contributed by atoms with van der Waals surface area (Å²) in [5, 5.41) is 5.61. The second-order valence-electron chi connectivity index (χ2n) is 7.58. The molecule has 1 heterocycles. The highest BCUT2D eigenvalue weighted by Gasteiger charge is 2.38. The molecule has 1 nitrogen and oxygen atoms in total. The molecule has 20 heavy (non-hydrogen) atoms. The Balaban J connectivity index is 1.45. The highest BCUT2D eigenvalue weighted by Crippen LogP contribution is 2.42. The van der Waals surface area contributed by atoms with Gasteiger partial charge in [-0.05, 0) is 69.1 Å². The van der Waals surface area contributed by atoms with Crippen LogP contribution in [0.25, 0.3) is 0 Å². The Morgan fingerprint density at radius 3 is 2.75 bits per heavy atom. The van der Waals surface area contributed by atoms with Crippen LogP contribution in [-0.4, -0.2) is 21.5 Å². The summed E-state index contributed by atoms with van der Waals surface area (Å²) < 4.78 is 0. The second-order valence-corrected chi connectivity index (χ2v) is 10.3. The molecule has 3 rings (SSSR count). The molecule has 0 bridgehead atoms. The molecule has 0 radical (unpaired) electrons. The van der Waals surface area contributed by atoms with E-state index in [2.05, 4.69) is 46.9 Å². The van der Waals surface area contributed by atoms with Crippen LogP contribution in [0.3, 0.4) is 0 Å². The van der Waals surface area contributed by atoms with Gasteiger partial charge in [0.25, 0.3) is 0 Å². The van der Waals surface area contributed by atoms with Crippen molar-refractivity contribution >= 4 is 27.7 Å². The molecule has 0 aromatic carbocycles. The van der Waals surface area contributed by atoms with Crippen molar-refractivity contribution in [3.63, 3.8) is 0 Å². The van der Waals surface area contributed by atoms with Crippen LogP contribution in [0.2, 0.25) is 0 Å². The minimum Gasteiger partial charge on any atom is -0.301 e. The first-order valence-corrected chi connectivity index (χ1v) is 10.5. The molecular formula is C17H30BrNS. The van der Waals surface area contributed by atoms with Gasteiger partial charge in [-0.1, -0.05) is 29.8 Å². The zero-order chi connectivity index (χ0) is 14.1. The quantitative estimate of drug-likeness (QED) is 0.696. The van der Waals surface area contributed by atoms with Gasteiger partial charge >= 0.3 is 0 Å². The van der Waals surface area contributed by atoms with Crippen LogP contribution in [0.15, 0.2) is 0 Å². The third-order valence-corrected chi connectivity index (χ3v) is 8.33. The molecule has 0 aromatic heterocycles. The third-order valence-electron chi connectivity index (χ3n) is 5.89. The van der Waals surface area contributed by atoms with E-state index in [-0.39, 0.29) is 0 Å². The van der Waals surface area contributed by atoms with Crippen molar-refractivity contribution in [1.82, 2.24) is 5.32 Å². The van der Waals surface area contributed by atoms with Crippen molar-refractivity contribution in [2.45, 2.75) is 86.7 Å². The number of hydrogen-bond donors (Lipinski definition) is 1. The normalized spacial score (nSPS) is 49.0. The molecular weight excluding hydrogens is 330 g/mol. The number of hydrogen-bond acceptors (Lipinski definition) is 2. The number of nitrogens with one attached hydrogen (secondary N) is 1. The lowest BCUT2D eigenvalue weighted by molar-refractivity contribution is 0.240. The van der Waals surface area contributed by atoms with Gasteiger partial charge in [0, 0.05) is 16.1 Å².